The summed E-state index contributed by atoms with van der Waals surface area (Å²) in [7, 11) is 1.58. The van der Waals surface area contributed by atoms with Crippen molar-refractivity contribution >= 4 is 29.8 Å². The summed E-state index contributed by atoms with van der Waals surface area (Å²) < 4.78 is 5.09. The number of rotatable bonds is 2. The maximum absolute atomic E-state index is 10.9. The van der Waals surface area contributed by atoms with Gasteiger partial charge in [0.15, 0.2) is 6.29 Å². The lowest BCUT2D eigenvalue weighted by molar-refractivity contribution is 0.112. The molecule has 76 valence electrons. The average Bonchev–Trinajstić information content (AvgIpc) is 2.28. The van der Waals surface area contributed by atoms with Gasteiger partial charge < -0.3 is 4.74 Å². The lowest BCUT2D eigenvalue weighted by Gasteiger charge is -2.05. The second-order valence-corrected chi connectivity index (χ2v) is 3.54. The number of aromatic nitrogens is 1. The van der Waals surface area contributed by atoms with Gasteiger partial charge in [0.05, 0.1) is 12.6 Å². The zero-order valence-corrected chi connectivity index (χ0v) is 8.99. The minimum Gasteiger partial charge on any atom is -0.497 e. The monoisotopic (exact) mass is 219 g/mol. The number of pyridine rings is 1. The molecule has 4 heteroatoms. The first kappa shape index (κ1) is 9.98. The van der Waals surface area contributed by atoms with Gasteiger partial charge in [0.2, 0.25) is 0 Å². The number of carbonyl (C=O) groups excluding carboxylic acids is 1. The third-order valence-electron chi connectivity index (χ3n) is 2.21. The molecule has 0 saturated carbocycles. The zero-order chi connectivity index (χ0) is 10.8. The van der Waals surface area contributed by atoms with Gasteiger partial charge in [0, 0.05) is 22.0 Å². The van der Waals surface area contributed by atoms with E-state index in [9.17, 15) is 4.79 Å². The van der Waals surface area contributed by atoms with Gasteiger partial charge in [-0.15, -0.1) is 12.6 Å². The lowest BCUT2D eigenvalue weighted by Crippen LogP contribution is -1.90. The predicted octanol–water partition coefficient (Wildman–Crippen LogP) is 2.34. The Bertz CT molecular complexity index is 525. The van der Waals surface area contributed by atoms with Gasteiger partial charge in [0.1, 0.15) is 5.75 Å². The largest absolute Gasteiger partial charge is 0.497 e. The van der Waals surface area contributed by atoms with Crippen molar-refractivity contribution in [3.8, 4) is 5.75 Å². The molecule has 0 radical (unpaired) electrons. The highest BCUT2D eigenvalue weighted by molar-refractivity contribution is 7.80. The Morgan fingerprint density at radius 1 is 1.47 bits per heavy atom. The second kappa shape index (κ2) is 3.90. The molecule has 0 fully saturated rings. The molecule has 0 aliphatic carbocycles. The normalized spacial score (nSPS) is 10.3. The Kier molecular flexibility index (Phi) is 2.60. The van der Waals surface area contributed by atoms with E-state index >= 15 is 0 Å². The number of carbonyl (C=O) groups is 1. The Balaban J connectivity index is 2.81. The first-order valence-electron chi connectivity index (χ1n) is 4.37. The van der Waals surface area contributed by atoms with Crippen molar-refractivity contribution in [2.45, 2.75) is 4.90 Å². The van der Waals surface area contributed by atoms with Crippen LogP contribution in [0.4, 0.5) is 0 Å². The quantitative estimate of drug-likeness (QED) is 0.622. The number of aldehydes is 1. The van der Waals surface area contributed by atoms with Crippen LogP contribution in [0.5, 0.6) is 5.75 Å². The van der Waals surface area contributed by atoms with Crippen LogP contribution in [-0.2, 0) is 0 Å². The number of thiol groups is 1. The van der Waals surface area contributed by atoms with E-state index in [0.29, 0.717) is 16.2 Å². The van der Waals surface area contributed by atoms with Crippen LogP contribution in [0.2, 0.25) is 0 Å². The van der Waals surface area contributed by atoms with E-state index in [0.717, 1.165) is 17.2 Å². The standard InChI is InChI=1S/C11H9NO2S/c1-14-7-2-3-10-8(4-7)9(6-13)11(15)5-12-10/h2-6,15H,1H3. The predicted molar refractivity (Wildman–Crippen MR) is 60.9 cm³/mol. The zero-order valence-electron chi connectivity index (χ0n) is 8.10. The van der Waals surface area contributed by atoms with Crippen LogP contribution in [0.25, 0.3) is 10.9 Å². The van der Waals surface area contributed by atoms with Gasteiger partial charge in [-0.25, -0.2) is 0 Å². The Morgan fingerprint density at radius 3 is 2.93 bits per heavy atom. The molecule has 0 unspecified atom stereocenters. The van der Waals surface area contributed by atoms with Crippen LogP contribution in [0, 0.1) is 0 Å². The molecule has 0 aliphatic heterocycles. The number of ether oxygens (including phenoxy) is 1. The maximum Gasteiger partial charge on any atom is 0.151 e. The molecule has 3 nitrogen and oxygen atoms in total. The molecule has 0 atom stereocenters. The molecular weight excluding hydrogens is 210 g/mol. The van der Waals surface area contributed by atoms with Crippen molar-refractivity contribution in [2.75, 3.05) is 7.11 Å². The van der Waals surface area contributed by atoms with Crippen molar-refractivity contribution in [1.29, 1.82) is 0 Å². The van der Waals surface area contributed by atoms with E-state index in [2.05, 4.69) is 17.6 Å². The summed E-state index contributed by atoms with van der Waals surface area (Å²) in [5.74, 6) is 0.700. The fourth-order valence-corrected chi connectivity index (χ4v) is 1.66. The molecule has 2 aromatic rings. The number of hydrogen-bond donors (Lipinski definition) is 1. The van der Waals surface area contributed by atoms with Gasteiger partial charge in [-0.05, 0) is 18.2 Å². The smallest absolute Gasteiger partial charge is 0.151 e. The SMILES string of the molecule is COc1ccc2ncc(S)c(C=O)c2c1. The van der Waals surface area contributed by atoms with E-state index in [1.54, 1.807) is 19.4 Å². The van der Waals surface area contributed by atoms with Crippen LogP contribution in [0.1, 0.15) is 10.4 Å². The molecule has 15 heavy (non-hydrogen) atoms. The van der Waals surface area contributed by atoms with Crippen molar-refractivity contribution in [3.63, 3.8) is 0 Å². The second-order valence-electron chi connectivity index (χ2n) is 3.06. The van der Waals surface area contributed by atoms with Crippen molar-refractivity contribution < 1.29 is 9.53 Å². The van der Waals surface area contributed by atoms with Crippen LogP contribution >= 0.6 is 12.6 Å². The van der Waals surface area contributed by atoms with Gasteiger partial charge in [-0.3, -0.25) is 9.78 Å². The molecule has 0 spiro atoms. The number of hydrogen-bond acceptors (Lipinski definition) is 4. The van der Waals surface area contributed by atoms with Gasteiger partial charge in [-0.1, -0.05) is 0 Å². The molecule has 2 rings (SSSR count). The Hall–Kier alpha value is -1.55. The number of fused-ring (bicyclic) bond motifs is 1. The van der Waals surface area contributed by atoms with E-state index in [-0.39, 0.29) is 0 Å². The van der Waals surface area contributed by atoms with E-state index in [1.165, 1.54) is 0 Å². The molecular formula is C11H9NO2S. The van der Waals surface area contributed by atoms with Crippen LogP contribution in [0.15, 0.2) is 29.3 Å². The van der Waals surface area contributed by atoms with E-state index < -0.39 is 0 Å². The maximum atomic E-state index is 10.9. The third-order valence-corrected chi connectivity index (χ3v) is 2.57. The summed E-state index contributed by atoms with van der Waals surface area (Å²) in [6.45, 7) is 0. The summed E-state index contributed by atoms with van der Waals surface area (Å²) >= 11 is 4.18. The topological polar surface area (TPSA) is 39.2 Å². The highest BCUT2D eigenvalue weighted by Crippen LogP contribution is 2.25. The number of benzene rings is 1. The van der Waals surface area contributed by atoms with Crippen molar-refractivity contribution in [2.24, 2.45) is 0 Å². The molecule has 0 amide bonds. The lowest BCUT2D eigenvalue weighted by atomic mass is 10.1. The van der Waals surface area contributed by atoms with Crippen molar-refractivity contribution in [3.05, 3.63) is 30.0 Å². The minimum atomic E-state index is 0.544. The minimum absolute atomic E-state index is 0.544. The highest BCUT2D eigenvalue weighted by Gasteiger charge is 2.06. The van der Waals surface area contributed by atoms with Crippen molar-refractivity contribution in [1.82, 2.24) is 4.98 Å². The first-order chi connectivity index (χ1) is 7.26. The van der Waals surface area contributed by atoms with Gasteiger partial charge >= 0.3 is 0 Å². The summed E-state index contributed by atoms with van der Waals surface area (Å²) in [5, 5.41) is 0.761. The highest BCUT2D eigenvalue weighted by atomic mass is 32.1. The fourth-order valence-electron chi connectivity index (χ4n) is 1.43. The first-order valence-corrected chi connectivity index (χ1v) is 4.82. The molecule has 0 N–H and O–H groups in total. The fraction of sp³-hybridized carbons (Fsp3) is 0.0909. The van der Waals surface area contributed by atoms with Gasteiger partial charge in [-0.2, -0.15) is 0 Å². The Morgan fingerprint density at radius 2 is 2.27 bits per heavy atom. The third kappa shape index (κ3) is 1.68. The molecule has 0 bridgehead atoms. The summed E-state index contributed by atoms with van der Waals surface area (Å²) in [6, 6.07) is 5.41. The molecule has 1 heterocycles. The average molecular weight is 219 g/mol. The van der Waals surface area contributed by atoms with E-state index in [4.69, 9.17) is 4.74 Å². The summed E-state index contributed by atoms with van der Waals surface area (Å²) in [5.41, 5.74) is 1.30. The molecule has 1 aromatic carbocycles. The van der Waals surface area contributed by atoms with Crippen LogP contribution in [-0.4, -0.2) is 18.4 Å². The van der Waals surface area contributed by atoms with Crippen LogP contribution < -0.4 is 4.74 Å². The van der Waals surface area contributed by atoms with Gasteiger partial charge in [0.25, 0.3) is 0 Å². The molecule has 1 aromatic heterocycles. The van der Waals surface area contributed by atoms with E-state index in [1.807, 2.05) is 12.1 Å². The molecule has 0 aliphatic rings. The van der Waals surface area contributed by atoms with Crippen LogP contribution in [0.3, 0.4) is 0 Å². The summed E-state index contributed by atoms with van der Waals surface area (Å²) in [4.78, 5) is 15.7. The number of methoxy groups -OCH3 is 1. The molecule has 0 saturated heterocycles. The number of nitrogens with zero attached hydrogens (tertiary/aromatic N) is 1. The summed E-state index contributed by atoms with van der Waals surface area (Å²) in [6.07, 6.45) is 2.35. The Labute approximate surface area is 92.5 Å².